The Morgan fingerprint density at radius 2 is 1.73 bits per heavy atom. The SMILES string of the molecule is O=C(CNC(=O)CC12CC3CC(CC(C3)C1)C2)NCCCn1ccnc1. The second-order valence-corrected chi connectivity index (χ2v) is 8.88. The van der Waals surface area contributed by atoms with Gasteiger partial charge >= 0.3 is 0 Å². The molecule has 0 radical (unpaired) electrons. The molecule has 4 bridgehead atoms. The summed E-state index contributed by atoms with van der Waals surface area (Å²) < 4.78 is 1.99. The number of aryl methyl sites for hydroxylation is 1. The number of hydrogen-bond acceptors (Lipinski definition) is 3. The first-order valence-electron chi connectivity index (χ1n) is 10.1. The number of amides is 2. The van der Waals surface area contributed by atoms with E-state index in [1.165, 1.54) is 38.5 Å². The lowest BCUT2D eigenvalue weighted by molar-refractivity contribution is -0.131. The lowest BCUT2D eigenvalue weighted by Crippen LogP contribution is -2.48. The molecule has 26 heavy (non-hydrogen) atoms. The van der Waals surface area contributed by atoms with E-state index in [1.54, 1.807) is 12.5 Å². The van der Waals surface area contributed by atoms with Crippen LogP contribution in [-0.4, -0.2) is 34.5 Å². The molecular formula is C20H30N4O2. The van der Waals surface area contributed by atoms with Gasteiger partial charge in [0.05, 0.1) is 12.9 Å². The molecule has 1 aromatic heterocycles. The summed E-state index contributed by atoms with van der Waals surface area (Å²) in [4.78, 5) is 28.3. The summed E-state index contributed by atoms with van der Waals surface area (Å²) in [6.07, 6.45) is 14.8. The maximum absolute atomic E-state index is 12.4. The molecule has 0 saturated heterocycles. The summed E-state index contributed by atoms with van der Waals surface area (Å²) in [5, 5.41) is 5.72. The van der Waals surface area contributed by atoms with E-state index in [1.807, 2.05) is 10.8 Å². The van der Waals surface area contributed by atoms with Gasteiger partial charge in [-0.2, -0.15) is 0 Å². The van der Waals surface area contributed by atoms with Gasteiger partial charge in [0.2, 0.25) is 11.8 Å². The first kappa shape index (κ1) is 17.6. The number of aromatic nitrogens is 2. The second kappa shape index (κ2) is 7.41. The fraction of sp³-hybridized carbons (Fsp3) is 0.750. The number of hydrogen-bond donors (Lipinski definition) is 2. The van der Waals surface area contributed by atoms with Crippen molar-refractivity contribution < 1.29 is 9.59 Å². The maximum Gasteiger partial charge on any atom is 0.239 e. The van der Waals surface area contributed by atoms with Crippen molar-refractivity contribution in [2.75, 3.05) is 13.1 Å². The van der Waals surface area contributed by atoms with Gasteiger partial charge < -0.3 is 15.2 Å². The Labute approximate surface area is 155 Å². The molecule has 0 atom stereocenters. The molecule has 0 unspecified atom stereocenters. The molecule has 142 valence electrons. The van der Waals surface area contributed by atoms with E-state index in [4.69, 9.17) is 0 Å². The Kier molecular flexibility index (Phi) is 5.00. The highest BCUT2D eigenvalue weighted by Crippen LogP contribution is 2.61. The summed E-state index contributed by atoms with van der Waals surface area (Å²) in [6.45, 7) is 1.54. The Morgan fingerprint density at radius 3 is 2.35 bits per heavy atom. The molecule has 4 fully saturated rings. The Bertz CT molecular complexity index is 605. The van der Waals surface area contributed by atoms with Crippen LogP contribution in [-0.2, 0) is 16.1 Å². The molecule has 2 amide bonds. The maximum atomic E-state index is 12.4. The average Bonchev–Trinajstić information content (AvgIpc) is 3.08. The summed E-state index contributed by atoms with van der Waals surface area (Å²) in [5.41, 5.74) is 0.236. The molecule has 0 aliphatic heterocycles. The fourth-order valence-corrected chi connectivity index (χ4v) is 6.06. The van der Waals surface area contributed by atoms with Gasteiger partial charge in [-0.15, -0.1) is 0 Å². The largest absolute Gasteiger partial charge is 0.355 e. The average molecular weight is 358 g/mol. The van der Waals surface area contributed by atoms with Gasteiger partial charge in [0.15, 0.2) is 0 Å². The molecule has 6 nitrogen and oxygen atoms in total. The van der Waals surface area contributed by atoms with Crippen LogP contribution in [0.25, 0.3) is 0 Å². The molecule has 5 rings (SSSR count). The van der Waals surface area contributed by atoms with Crippen molar-refractivity contribution in [2.45, 2.75) is 57.9 Å². The van der Waals surface area contributed by atoms with Crippen LogP contribution in [0, 0.1) is 23.2 Å². The third-order valence-corrected chi connectivity index (χ3v) is 6.62. The molecule has 1 aromatic rings. The van der Waals surface area contributed by atoms with Crippen molar-refractivity contribution >= 4 is 11.8 Å². The van der Waals surface area contributed by atoms with Crippen LogP contribution in [0.5, 0.6) is 0 Å². The summed E-state index contributed by atoms with van der Waals surface area (Å²) in [5.74, 6) is 2.52. The molecule has 1 heterocycles. The van der Waals surface area contributed by atoms with E-state index >= 15 is 0 Å². The van der Waals surface area contributed by atoms with Crippen molar-refractivity contribution in [3.8, 4) is 0 Å². The number of nitrogens with one attached hydrogen (secondary N) is 2. The van der Waals surface area contributed by atoms with Crippen LogP contribution in [0.1, 0.15) is 51.4 Å². The highest BCUT2D eigenvalue weighted by Gasteiger charge is 2.51. The Morgan fingerprint density at radius 1 is 1.04 bits per heavy atom. The van der Waals surface area contributed by atoms with Gasteiger partial charge in [0.1, 0.15) is 0 Å². The number of rotatable bonds is 8. The molecule has 4 aliphatic rings. The van der Waals surface area contributed by atoms with Crippen LogP contribution in [0.15, 0.2) is 18.7 Å². The van der Waals surface area contributed by atoms with Crippen LogP contribution < -0.4 is 10.6 Å². The first-order valence-corrected chi connectivity index (χ1v) is 10.1. The third-order valence-electron chi connectivity index (χ3n) is 6.62. The monoisotopic (exact) mass is 358 g/mol. The van der Waals surface area contributed by atoms with Crippen LogP contribution in [0.3, 0.4) is 0 Å². The normalized spacial score (nSPS) is 31.8. The summed E-state index contributed by atoms with van der Waals surface area (Å²) in [7, 11) is 0. The predicted molar refractivity (Wildman–Crippen MR) is 98.1 cm³/mol. The van der Waals surface area contributed by atoms with Crippen LogP contribution >= 0.6 is 0 Å². The molecule has 6 heteroatoms. The fourth-order valence-electron chi connectivity index (χ4n) is 6.06. The molecule has 4 aliphatic carbocycles. The molecular weight excluding hydrogens is 328 g/mol. The standard InChI is InChI=1S/C20H30N4O2/c25-18(12-20-9-15-6-16(10-20)8-17(7-15)11-20)23-13-19(26)22-2-1-4-24-5-3-21-14-24/h3,5,14-17H,1-2,4,6-13H2,(H,22,26)(H,23,25). The third kappa shape index (κ3) is 4.10. The number of imidazole rings is 1. The summed E-state index contributed by atoms with van der Waals surface area (Å²) in [6, 6.07) is 0. The Hall–Kier alpha value is -1.85. The van der Waals surface area contributed by atoms with Crippen molar-refractivity contribution in [3.63, 3.8) is 0 Å². The van der Waals surface area contributed by atoms with Crippen molar-refractivity contribution in [1.82, 2.24) is 20.2 Å². The predicted octanol–water partition coefficient (Wildman–Crippen LogP) is 2.11. The number of nitrogens with zero attached hydrogens (tertiary/aromatic N) is 2. The van der Waals surface area contributed by atoms with Gasteiger partial charge in [-0.1, -0.05) is 0 Å². The van der Waals surface area contributed by atoms with Gasteiger partial charge in [-0.05, 0) is 68.1 Å². The minimum atomic E-state index is -0.102. The quantitative estimate of drug-likeness (QED) is 0.699. The van der Waals surface area contributed by atoms with E-state index in [-0.39, 0.29) is 23.8 Å². The van der Waals surface area contributed by atoms with E-state index < -0.39 is 0 Å². The van der Waals surface area contributed by atoms with Crippen LogP contribution in [0.4, 0.5) is 0 Å². The minimum Gasteiger partial charge on any atom is -0.355 e. The Balaban J connectivity index is 1.14. The van der Waals surface area contributed by atoms with E-state index in [2.05, 4.69) is 15.6 Å². The zero-order chi connectivity index (χ0) is 18.0. The zero-order valence-corrected chi connectivity index (χ0v) is 15.5. The van der Waals surface area contributed by atoms with Gasteiger partial charge in [-0.25, -0.2) is 4.98 Å². The highest BCUT2D eigenvalue weighted by atomic mass is 16.2. The second-order valence-electron chi connectivity index (χ2n) is 8.88. The summed E-state index contributed by atoms with van der Waals surface area (Å²) >= 11 is 0. The van der Waals surface area contributed by atoms with Gasteiger partial charge in [0, 0.05) is 31.9 Å². The van der Waals surface area contributed by atoms with Gasteiger partial charge in [-0.3, -0.25) is 9.59 Å². The highest BCUT2D eigenvalue weighted by molar-refractivity contribution is 5.84. The van der Waals surface area contributed by atoms with E-state index in [0.717, 1.165) is 30.7 Å². The first-order chi connectivity index (χ1) is 12.6. The van der Waals surface area contributed by atoms with Crippen LogP contribution in [0.2, 0.25) is 0 Å². The van der Waals surface area contributed by atoms with Crippen molar-refractivity contribution in [3.05, 3.63) is 18.7 Å². The number of carbonyl (C=O) groups is 2. The molecule has 2 N–H and O–H groups in total. The van der Waals surface area contributed by atoms with Gasteiger partial charge in [0.25, 0.3) is 0 Å². The smallest absolute Gasteiger partial charge is 0.239 e. The van der Waals surface area contributed by atoms with E-state index in [0.29, 0.717) is 13.0 Å². The van der Waals surface area contributed by atoms with Crippen molar-refractivity contribution in [1.29, 1.82) is 0 Å². The lowest BCUT2D eigenvalue weighted by Gasteiger charge is -2.56. The van der Waals surface area contributed by atoms with E-state index in [9.17, 15) is 9.59 Å². The van der Waals surface area contributed by atoms with Crippen molar-refractivity contribution in [2.24, 2.45) is 23.2 Å². The molecule has 0 aromatic carbocycles. The topological polar surface area (TPSA) is 76.0 Å². The number of carbonyl (C=O) groups excluding carboxylic acids is 2. The zero-order valence-electron chi connectivity index (χ0n) is 15.5. The molecule has 4 saturated carbocycles. The molecule has 0 spiro atoms. The minimum absolute atomic E-state index is 0.0560. The lowest BCUT2D eigenvalue weighted by atomic mass is 9.49.